The number of ether oxygens (including phenoxy) is 1. The molecular weight excluding hydrogens is 454 g/mol. The Bertz CT molecular complexity index is 1480. The van der Waals surface area contributed by atoms with Crippen molar-refractivity contribution in [2.24, 2.45) is 0 Å². The van der Waals surface area contributed by atoms with E-state index < -0.39 is 6.67 Å². The maximum atomic E-state index is 14.6. The van der Waals surface area contributed by atoms with Crippen molar-refractivity contribution < 1.29 is 18.3 Å². The van der Waals surface area contributed by atoms with Crippen LogP contribution in [-0.2, 0) is 19.5 Å². The van der Waals surface area contributed by atoms with E-state index in [4.69, 9.17) is 4.74 Å². The van der Waals surface area contributed by atoms with Crippen molar-refractivity contribution in [2.75, 3.05) is 25.1 Å². The fourth-order valence-corrected chi connectivity index (χ4v) is 4.87. The molecule has 35 heavy (non-hydrogen) atoms. The number of hydrogen-bond acceptors (Lipinski definition) is 6. The number of alkyl halides is 1. The quantitative estimate of drug-likeness (QED) is 0.473. The predicted molar refractivity (Wildman–Crippen MR) is 125 cm³/mol. The molecule has 2 aliphatic heterocycles. The summed E-state index contributed by atoms with van der Waals surface area (Å²) in [4.78, 5) is 28.2. The third-order valence-electron chi connectivity index (χ3n) is 6.55. The number of aromatic nitrogens is 4. The first-order chi connectivity index (χ1) is 17.0. The molecule has 8 nitrogen and oxygen atoms in total. The van der Waals surface area contributed by atoms with Crippen LogP contribution in [0.1, 0.15) is 32.9 Å². The van der Waals surface area contributed by atoms with Crippen LogP contribution >= 0.6 is 0 Å². The number of carbonyl (C=O) groups is 1. The summed E-state index contributed by atoms with van der Waals surface area (Å²) in [5.74, 6) is 0.433. The molecule has 1 amide bonds. The summed E-state index contributed by atoms with van der Waals surface area (Å²) in [6, 6.07) is 4.95. The number of nitrogens with one attached hydrogen (secondary N) is 1. The summed E-state index contributed by atoms with van der Waals surface area (Å²) in [5, 5.41) is 3.20. The first kappa shape index (κ1) is 21.5. The second kappa shape index (κ2) is 8.30. The average Bonchev–Trinajstić information content (AvgIpc) is 3.50. The Morgan fingerprint density at radius 2 is 2.03 bits per heavy atom. The molecule has 178 valence electrons. The number of nitrogens with zero attached hydrogens (tertiary/aromatic N) is 5. The first-order valence-corrected chi connectivity index (χ1v) is 11.4. The van der Waals surface area contributed by atoms with Crippen LogP contribution < -0.4 is 10.1 Å². The zero-order chi connectivity index (χ0) is 24.1. The Labute approximate surface area is 199 Å². The highest BCUT2D eigenvalue weighted by atomic mass is 19.1. The molecule has 0 atom stereocenters. The highest BCUT2D eigenvalue weighted by molar-refractivity contribution is 6.04. The average molecular weight is 476 g/mol. The third kappa shape index (κ3) is 3.48. The summed E-state index contributed by atoms with van der Waals surface area (Å²) >= 11 is 0. The third-order valence-corrected chi connectivity index (χ3v) is 6.55. The van der Waals surface area contributed by atoms with Crippen LogP contribution in [-0.4, -0.2) is 50.0 Å². The van der Waals surface area contributed by atoms with E-state index in [1.54, 1.807) is 22.9 Å². The van der Waals surface area contributed by atoms with Gasteiger partial charge in [0.15, 0.2) is 5.69 Å². The van der Waals surface area contributed by atoms with Gasteiger partial charge in [-0.2, -0.15) is 0 Å². The lowest BCUT2D eigenvalue weighted by molar-refractivity contribution is 0.0728. The Hall–Kier alpha value is -4.08. The highest BCUT2D eigenvalue weighted by Gasteiger charge is 2.29. The van der Waals surface area contributed by atoms with E-state index in [1.165, 1.54) is 17.3 Å². The summed E-state index contributed by atoms with van der Waals surface area (Å²) in [7, 11) is 0. The van der Waals surface area contributed by atoms with E-state index >= 15 is 0 Å². The number of fused-ring (bicyclic) bond motifs is 3. The molecule has 6 rings (SSSR count). The zero-order valence-corrected chi connectivity index (χ0v) is 19.0. The first-order valence-electron chi connectivity index (χ1n) is 11.4. The fraction of sp³-hybridized carbons (Fsp3) is 0.280. The second-order valence-corrected chi connectivity index (χ2v) is 8.66. The molecule has 0 aliphatic carbocycles. The van der Waals surface area contributed by atoms with Crippen LogP contribution in [0.15, 0.2) is 36.9 Å². The van der Waals surface area contributed by atoms with Crippen molar-refractivity contribution in [1.82, 2.24) is 24.3 Å². The minimum Gasteiger partial charge on any atom is -0.493 e. The van der Waals surface area contributed by atoms with Gasteiger partial charge in [0, 0.05) is 66.4 Å². The highest BCUT2D eigenvalue weighted by Crippen LogP contribution is 2.35. The molecule has 1 aromatic carbocycles. The summed E-state index contributed by atoms with van der Waals surface area (Å²) in [6.45, 7) is 2.14. The van der Waals surface area contributed by atoms with Crippen molar-refractivity contribution in [2.45, 2.75) is 26.4 Å². The SMILES string of the molecule is Cc1cc2c(cn1)-c1cnc(NCc3c(F)ccc4c3CCO4)n3cnc(c13)C(=O)N(CCF)C2. The van der Waals surface area contributed by atoms with Crippen molar-refractivity contribution in [3.8, 4) is 16.9 Å². The van der Waals surface area contributed by atoms with Gasteiger partial charge in [-0.25, -0.2) is 18.7 Å². The van der Waals surface area contributed by atoms with Gasteiger partial charge in [0.25, 0.3) is 5.91 Å². The number of carbonyl (C=O) groups excluding carboxylic acids is 1. The van der Waals surface area contributed by atoms with Gasteiger partial charge in [0.1, 0.15) is 24.6 Å². The van der Waals surface area contributed by atoms with Gasteiger partial charge >= 0.3 is 0 Å². The maximum absolute atomic E-state index is 14.6. The largest absolute Gasteiger partial charge is 0.493 e. The topological polar surface area (TPSA) is 84.6 Å². The van der Waals surface area contributed by atoms with E-state index in [2.05, 4.69) is 20.3 Å². The van der Waals surface area contributed by atoms with Gasteiger partial charge in [0.05, 0.1) is 12.1 Å². The van der Waals surface area contributed by atoms with Crippen LogP contribution in [0, 0.1) is 12.7 Å². The Morgan fingerprint density at radius 1 is 1.17 bits per heavy atom. The summed E-state index contributed by atoms with van der Waals surface area (Å²) in [6.07, 6.45) is 5.57. The molecule has 0 unspecified atom stereocenters. The maximum Gasteiger partial charge on any atom is 0.275 e. The second-order valence-electron chi connectivity index (χ2n) is 8.66. The zero-order valence-electron chi connectivity index (χ0n) is 19.0. The molecule has 5 heterocycles. The number of rotatable bonds is 5. The molecule has 10 heteroatoms. The van der Waals surface area contributed by atoms with Gasteiger partial charge in [-0.15, -0.1) is 0 Å². The molecule has 0 saturated heterocycles. The van der Waals surface area contributed by atoms with Crippen LogP contribution in [0.5, 0.6) is 5.75 Å². The van der Waals surface area contributed by atoms with Gasteiger partial charge in [-0.1, -0.05) is 0 Å². The Morgan fingerprint density at radius 3 is 2.89 bits per heavy atom. The Balaban J connectivity index is 1.46. The predicted octanol–water partition coefficient (Wildman–Crippen LogP) is 3.71. The lowest BCUT2D eigenvalue weighted by atomic mass is 9.98. The van der Waals surface area contributed by atoms with E-state index in [1.807, 2.05) is 13.0 Å². The smallest absolute Gasteiger partial charge is 0.275 e. The molecule has 0 fully saturated rings. The van der Waals surface area contributed by atoms with E-state index in [-0.39, 0.29) is 37.1 Å². The van der Waals surface area contributed by atoms with Crippen molar-refractivity contribution in [1.29, 1.82) is 0 Å². The number of anilines is 1. The number of imidazole rings is 1. The van der Waals surface area contributed by atoms with Crippen molar-refractivity contribution in [3.63, 3.8) is 0 Å². The number of hydrogen-bond donors (Lipinski definition) is 1. The van der Waals surface area contributed by atoms with Gasteiger partial charge in [-0.05, 0) is 30.7 Å². The van der Waals surface area contributed by atoms with Crippen LogP contribution in [0.25, 0.3) is 16.6 Å². The normalized spacial score (nSPS) is 14.4. The molecule has 0 saturated carbocycles. The summed E-state index contributed by atoms with van der Waals surface area (Å²) in [5.41, 5.74) is 5.30. The number of benzene rings is 1. The number of aryl methyl sites for hydroxylation is 1. The van der Waals surface area contributed by atoms with Crippen molar-refractivity contribution in [3.05, 3.63) is 70.8 Å². The Kier molecular flexibility index (Phi) is 5.09. The van der Waals surface area contributed by atoms with Crippen LogP contribution in [0.4, 0.5) is 14.7 Å². The number of amides is 1. The van der Waals surface area contributed by atoms with E-state index in [0.717, 1.165) is 22.4 Å². The van der Waals surface area contributed by atoms with E-state index in [0.29, 0.717) is 41.4 Å². The molecule has 0 spiro atoms. The fourth-order valence-electron chi connectivity index (χ4n) is 4.87. The summed E-state index contributed by atoms with van der Waals surface area (Å²) < 4.78 is 35.2. The molecular formula is C25H22F2N6O2. The van der Waals surface area contributed by atoms with E-state index in [9.17, 15) is 13.6 Å². The standard InChI is InChI=1S/C25H22F2N6O2/c1-14-8-15-12-32(6-5-26)24(34)22-23-19(17(15)9-28-14)11-30-25(33(23)13-31-22)29-10-18-16-4-7-35-21(16)3-2-20(18)27/h2-3,8-9,11,13H,4-7,10,12H2,1H3,(H,29,30). The molecule has 2 aliphatic rings. The molecule has 0 radical (unpaired) electrons. The van der Waals surface area contributed by atoms with Crippen LogP contribution in [0.3, 0.4) is 0 Å². The molecule has 4 aromatic rings. The molecule has 0 bridgehead atoms. The minimum atomic E-state index is -0.658. The minimum absolute atomic E-state index is 0.0371. The van der Waals surface area contributed by atoms with Gasteiger partial charge < -0.3 is 15.0 Å². The lowest BCUT2D eigenvalue weighted by Gasteiger charge is -2.25. The van der Waals surface area contributed by atoms with Gasteiger partial charge in [0.2, 0.25) is 5.95 Å². The van der Waals surface area contributed by atoms with Crippen LogP contribution in [0.2, 0.25) is 0 Å². The number of pyridine rings is 1. The van der Waals surface area contributed by atoms with Crippen molar-refractivity contribution >= 4 is 17.4 Å². The molecule has 1 N–H and O–H groups in total. The monoisotopic (exact) mass is 476 g/mol. The molecule has 3 aromatic heterocycles. The number of halogens is 2. The lowest BCUT2D eigenvalue weighted by Crippen LogP contribution is -2.34. The van der Waals surface area contributed by atoms with Gasteiger partial charge in [-0.3, -0.25) is 14.2 Å².